The van der Waals surface area contributed by atoms with E-state index in [0.29, 0.717) is 17.2 Å². The molecule has 0 aliphatic carbocycles. The maximum atomic E-state index is 4.58. The molecule has 6 nitrogen and oxygen atoms in total. The van der Waals surface area contributed by atoms with E-state index in [4.69, 9.17) is 0 Å². The summed E-state index contributed by atoms with van der Waals surface area (Å²) in [7, 11) is 0. The molecule has 0 atom stereocenters. The fraction of sp³-hybridized carbons (Fsp3) is 0.0588. The predicted octanol–water partition coefficient (Wildman–Crippen LogP) is 4.45. The van der Waals surface area contributed by atoms with E-state index in [1.165, 1.54) is 0 Å². The minimum atomic E-state index is 0.660. The summed E-state index contributed by atoms with van der Waals surface area (Å²) >= 11 is 0. The number of H-pyrrole nitrogens is 1. The lowest BCUT2D eigenvalue weighted by molar-refractivity contribution is 0.810. The molecule has 0 spiro atoms. The lowest BCUT2D eigenvalue weighted by atomic mass is 10.2. The second kappa shape index (κ2) is 5.49. The molecule has 0 saturated heterocycles. The highest BCUT2D eigenvalue weighted by Crippen LogP contribution is 2.27. The number of azo groups is 1. The van der Waals surface area contributed by atoms with Crippen LogP contribution in [-0.4, -0.2) is 19.8 Å². The van der Waals surface area contributed by atoms with E-state index in [9.17, 15) is 0 Å². The van der Waals surface area contributed by atoms with Gasteiger partial charge in [0.2, 0.25) is 5.65 Å². The summed E-state index contributed by atoms with van der Waals surface area (Å²) in [6.07, 6.45) is 0. The minimum Gasteiger partial charge on any atom is -0.278 e. The van der Waals surface area contributed by atoms with Gasteiger partial charge in [-0.3, -0.25) is 5.10 Å². The van der Waals surface area contributed by atoms with E-state index in [0.717, 1.165) is 16.9 Å². The zero-order valence-electron chi connectivity index (χ0n) is 12.5. The lowest BCUT2D eigenvalue weighted by Crippen LogP contribution is -1.87. The van der Waals surface area contributed by atoms with Gasteiger partial charge in [-0.2, -0.15) is 9.74 Å². The van der Waals surface area contributed by atoms with Crippen LogP contribution in [0.15, 0.2) is 70.9 Å². The molecule has 2 heterocycles. The number of fused-ring (bicyclic) bond motifs is 1. The summed E-state index contributed by atoms with van der Waals surface area (Å²) < 4.78 is 1.64. The quantitative estimate of drug-likeness (QED) is 0.568. The van der Waals surface area contributed by atoms with Gasteiger partial charge in [0.25, 0.3) is 0 Å². The predicted molar refractivity (Wildman–Crippen MR) is 88.1 cm³/mol. The van der Waals surface area contributed by atoms with Crippen LogP contribution in [0.2, 0.25) is 0 Å². The maximum Gasteiger partial charge on any atom is 0.203 e. The average molecular weight is 302 g/mol. The van der Waals surface area contributed by atoms with Crippen molar-refractivity contribution in [3.05, 3.63) is 66.4 Å². The van der Waals surface area contributed by atoms with Crippen LogP contribution in [0.1, 0.15) is 5.69 Å². The van der Waals surface area contributed by atoms with Crippen molar-refractivity contribution >= 4 is 17.0 Å². The standard InChI is InChI=1S/C17H14N6/c1-12-15(20-19-14-10-6-3-7-11-14)17-18-16(22-23(17)21-12)13-8-4-2-5-9-13/h2-11,21H,1H3. The second-order valence-electron chi connectivity index (χ2n) is 5.16. The molecule has 23 heavy (non-hydrogen) atoms. The molecule has 112 valence electrons. The molecule has 2 aromatic heterocycles. The molecule has 4 aromatic rings. The smallest absolute Gasteiger partial charge is 0.203 e. The molecule has 0 unspecified atom stereocenters. The molecule has 0 radical (unpaired) electrons. The number of hydrogen-bond donors (Lipinski definition) is 1. The van der Waals surface area contributed by atoms with Gasteiger partial charge in [-0.1, -0.05) is 48.5 Å². The Morgan fingerprint density at radius 3 is 2.35 bits per heavy atom. The first-order valence-electron chi connectivity index (χ1n) is 7.29. The van der Waals surface area contributed by atoms with Crippen molar-refractivity contribution in [1.29, 1.82) is 0 Å². The number of aromatic nitrogens is 4. The minimum absolute atomic E-state index is 0.660. The molecule has 0 fully saturated rings. The number of aromatic amines is 1. The molecule has 0 aliphatic heterocycles. The first-order valence-corrected chi connectivity index (χ1v) is 7.29. The van der Waals surface area contributed by atoms with Crippen molar-refractivity contribution in [1.82, 2.24) is 19.8 Å². The highest BCUT2D eigenvalue weighted by molar-refractivity contribution is 5.69. The van der Waals surface area contributed by atoms with Gasteiger partial charge in [0.05, 0.1) is 11.4 Å². The summed E-state index contributed by atoms with van der Waals surface area (Å²) in [5.41, 5.74) is 4.01. The van der Waals surface area contributed by atoms with Crippen molar-refractivity contribution < 1.29 is 0 Å². The van der Waals surface area contributed by atoms with Crippen LogP contribution in [-0.2, 0) is 0 Å². The van der Waals surface area contributed by atoms with Crippen LogP contribution in [0, 0.1) is 6.92 Å². The van der Waals surface area contributed by atoms with Gasteiger partial charge in [0.15, 0.2) is 11.5 Å². The van der Waals surface area contributed by atoms with Gasteiger partial charge >= 0.3 is 0 Å². The topological polar surface area (TPSA) is 70.7 Å². The van der Waals surface area contributed by atoms with Gasteiger partial charge in [-0.15, -0.1) is 10.2 Å². The van der Waals surface area contributed by atoms with Gasteiger partial charge in [-0.25, -0.2) is 4.98 Å². The number of rotatable bonds is 3. The molecular formula is C17H14N6. The van der Waals surface area contributed by atoms with Gasteiger partial charge in [0.1, 0.15) is 0 Å². The Balaban J connectivity index is 1.76. The summed E-state index contributed by atoms with van der Waals surface area (Å²) in [4.78, 5) is 4.58. The molecule has 0 saturated carbocycles. The number of benzene rings is 2. The van der Waals surface area contributed by atoms with E-state index in [2.05, 4.69) is 25.4 Å². The lowest BCUT2D eigenvalue weighted by Gasteiger charge is -1.93. The van der Waals surface area contributed by atoms with E-state index >= 15 is 0 Å². The van der Waals surface area contributed by atoms with E-state index in [-0.39, 0.29) is 0 Å². The van der Waals surface area contributed by atoms with Crippen LogP contribution in [0.3, 0.4) is 0 Å². The number of hydrogen-bond acceptors (Lipinski definition) is 4. The highest BCUT2D eigenvalue weighted by Gasteiger charge is 2.14. The van der Waals surface area contributed by atoms with Crippen molar-refractivity contribution in [3.8, 4) is 11.4 Å². The van der Waals surface area contributed by atoms with Gasteiger partial charge in [0, 0.05) is 5.56 Å². The zero-order chi connectivity index (χ0) is 15.6. The molecule has 2 aromatic carbocycles. The van der Waals surface area contributed by atoms with E-state index in [1.54, 1.807) is 4.63 Å². The number of nitrogens with one attached hydrogen (secondary N) is 1. The Kier molecular flexibility index (Phi) is 3.20. The summed E-state index contributed by atoms with van der Waals surface area (Å²) in [5.74, 6) is 0.660. The average Bonchev–Trinajstić information content (AvgIpc) is 3.12. The summed E-state index contributed by atoms with van der Waals surface area (Å²) in [6.45, 7) is 1.93. The summed E-state index contributed by atoms with van der Waals surface area (Å²) in [5, 5.41) is 16.2. The second-order valence-corrected chi connectivity index (χ2v) is 5.16. The Morgan fingerprint density at radius 1 is 0.913 bits per heavy atom. The van der Waals surface area contributed by atoms with E-state index in [1.807, 2.05) is 67.6 Å². The largest absolute Gasteiger partial charge is 0.278 e. The first-order chi connectivity index (χ1) is 11.3. The van der Waals surface area contributed by atoms with Crippen molar-refractivity contribution in [2.75, 3.05) is 0 Å². The Morgan fingerprint density at radius 2 is 1.61 bits per heavy atom. The van der Waals surface area contributed by atoms with E-state index < -0.39 is 0 Å². The third-order valence-corrected chi connectivity index (χ3v) is 3.50. The number of aryl methyl sites for hydroxylation is 1. The fourth-order valence-electron chi connectivity index (χ4n) is 2.35. The Labute approximate surface area is 132 Å². The van der Waals surface area contributed by atoms with Crippen molar-refractivity contribution in [3.63, 3.8) is 0 Å². The normalized spacial score (nSPS) is 11.5. The van der Waals surface area contributed by atoms with Crippen molar-refractivity contribution in [2.45, 2.75) is 6.92 Å². The summed E-state index contributed by atoms with van der Waals surface area (Å²) in [6, 6.07) is 19.5. The SMILES string of the molecule is Cc1[nH]n2nc(-c3ccccc3)nc2c1N=Nc1ccccc1. The molecule has 0 amide bonds. The van der Waals surface area contributed by atoms with Crippen LogP contribution in [0.4, 0.5) is 11.4 Å². The van der Waals surface area contributed by atoms with Gasteiger partial charge < -0.3 is 0 Å². The third-order valence-electron chi connectivity index (χ3n) is 3.50. The molecule has 0 bridgehead atoms. The zero-order valence-corrected chi connectivity index (χ0v) is 12.5. The fourth-order valence-corrected chi connectivity index (χ4v) is 2.35. The highest BCUT2D eigenvalue weighted by atomic mass is 15.5. The van der Waals surface area contributed by atoms with Crippen molar-refractivity contribution in [2.24, 2.45) is 10.2 Å². The van der Waals surface area contributed by atoms with Crippen LogP contribution in [0.25, 0.3) is 17.0 Å². The van der Waals surface area contributed by atoms with Gasteiger partial charge in [-0.05, 0) is 19.1 Å². The van der Waals surface area contributed by atoms with Crippen LogP contribution >= 0.6 is 0 Å². The molecule has 1 N–H and O–H groups in total. The molecular weight excluding hydrogens is 288 g/mol. The molecule has 4 rings (SSSR count). The van der Waals surface area contributed by atoms with Crippen LogP contribution < -0.4 is 0 Å². The Bertz CT molecular complexity index is 966. The third kappa shape index (κ3) is 2.50. The first kappa shape index (κ1) is 13.4. The number of nitrogens with zero attached hydrogens (tertiary/aromatic N) is 5. The molecule has 6 heteroatoms. The monoisotopic (exact) mass is 302 g/mol. The molecule has 0 aliphatic rings. The Hall–Kier alpha value is -3.28. The maximum absolute atomic E-state index is 4.58. The van der Waals surface area contributed by atoms with Crippen LogP contribution in [0.5, 0.6) is 0 Å².